The Morgan fingerprint density at radius 2 is 0.816 bits per heavy atom. The van der Waals surface area contributed by atoms with E-state index < -0.39 is 15.8 Å². The van der Waals surface area contributed by atoms with Crippen molar-refractivity contribution in [2.24, 2.45) is 0 Å². The molecule has 2 aliphatic rings. The molecule has 0 fully saturated rings. The van der Waals surface area contributed by atoms with Crippen molar-refractivity contribution in [1.29, 1.82) is 0 Å². The van der Waals surface area contributed by atoms with Gasteiger partial charge in [0.25, 0.3) is 0 Å². The zero-order chi connectivity index (χ0) is 26.7. The van der Waals surface area contributed by atoms with Crippen molar-refractivity contribution < 1.29 is 9.47 Å². The zero-order valence-electron chi connectivity index (χ0n) is 23.2. The van der Waals surface area contributed by atoms with Crippen molar-refractivity contribution in [3.8, 4) is 44.9 Å². The van der Waals surface area contributed by atoms with Crippen LogP contribution in [0.1, 0.15) is 41.5 Å². The molecule has 2 nitrogen and oxygen atoms in total. The van der Waals surface area contributed by atoms with Crippen LogP contribution in [0.25, 0.3) is 33.4 Å². The van der Waals surface area contributed by atoms with Crippen molar-refractivity contribution in [2.45, 2.75) is 51.9 Å². The molecule has 4 aromatic rings. The maximum absolute atomic E-state index is 6.59. The predicted octanol–water partition coefficient (Wildman–Crippen LogP) is 9.20. The average Bonchev–Trinajstić information content (AvgIpc) is 3.54. The van der Waals surface area contributed by atoms with Crippen LogP contribution in [0.15, 0.2) is 84.9 Å². The van der Waals surface area contributed by atoms with Crippen LogP contribution in [-0.4, -0.2) is 23.0 Å². The quantitative estimate of drug-likeness (QED) is 0.242. The summed E-state index contributed by atoms with van der Waals surface area (Å²) < 4.78 is 13.2. The summed E-state index contributed by atoms with van der Waals surface area (Å²) in [6.07, 6.45) is 1.56. The maximum atomic E-state index is 6.59. The second-order valence-corrected chi connectivity index (χ2v) is 18.0. The maximum Gasteiger partial charge on any atom is 0.136 e. The zero-order valence-corrected chi connectivity index (χ0v) is 25.0. The third-order valence-electron chi connectivity index (χ3n) is 7.56. The molecule has 2 heterocycles. The molecule has 0 amide bonds. The molecule has 0 saturated carbocycles. The van der Waals surface area contributed by atoms with Gasteiger partial charge < -0.3 is 9.47 Å². The van der Waals surface area contributed by atoms with Crippen LogP contribution in [0.5, 0.6) is 11.5 Å². The van der Waals surface area contributed by atoms with Gasteiger partial charge in [-0.2, -0.15) is 0 Å². The lowest BCUT2D eigenvalue weighted by Gasteiger charge is -2.30. The number of hydrogen-bond acceptors (Lipinski definition) is 2. The second kappa shape index (κ2) is 9.51. The molecule has 6 rings (SSSR count). The minimum Gasteiger partial charge on any atom is -0.488 e. The minimum absolute atomic E-state index is 0.142. The molecule has 2 aliphatic heterocycles. The molecule has 194 valence electrons. The highest BCUT2D eigenvalue weighted by Gasteiger charge is 2.41. The monoisotopic (exact) mass is 538 g/mol. The highest BCUT2D eigenvalue weighted by atomic mass is 31.1. The summed E-state index contributed by atoms with van der Waals surface area (Å²) in [5, 5.41) is 3.12. The Hall–Kier alpha value is -2.66. The van der Waals surface area contributed by atoms with Gasteiger partial charge >= 0.3 is 0 Å². The topological polar surface area (TPSA) is 18.5 Å². The van der Waals surface area contributed by atoms with E-state index in [1.54, 1.807) is 0 Å². The van der Waals surface area contributed by atoms with E-state index in [1.807, 2.05) is 0 Å². The molecule has 0 saturated heterocycles. The first kappa shape index (κ1) is 25.6. The van der Waals surface area contributed by atoms with Crippen molar-refractivity contribution in [3.63, 3.8) is 0 Å². The first-order valence-electron chi connectivity index (χ1n) is 13.4. The standard InChI is InChI=1S/C34H36O2P2/c1-33(2,3)37-21-35-29-25(23-13-9-7-10-14-23)17-19-27(31(29)37)28-20-18-26(24-15-11-8-12-16-24)30-32(28)38(22-36-30)34(4,5)6/h7-20H,21-22H2,1-6H3/t37-,38-/m1/s1. The van der Waals surface area contributed by atoms with Crippen molar-refractivity contribution >= 4 is 26.5 Å². The van der Waals surface area contributed by atoms with Crippen molar-refractivity contribution in [3.05, 3.63) is 84.9 Å². The molecule has 4 heteroatoms. The lowest BCUT2D eigenvalue weighted by Crippen LogP contribution is -2.22. The van der Waals surface area contributed by atoms with Gasteiger partial charge in [-0.1, -0.05) is 114 Å². The summed E-state index contributed by atoms with van der Waals surface area (Å²) >= 11 is 0. The van der Waals surface area contributed by atoms with Gasteiger partial charge in [0.2, 0.25) is 0 Å². The molecular formula is C34H36O2P2. The molecule has 4 aromatic carbocycles. The first-order valence-corrected chi connectivity index (χ1v) is 16.5. The molecular weight excluding hydrogens is 502 g/mol. The Balaban J connectivity index is 1.62. The normalized spacial score (nSPS) is 18.5. The highest BCUT2D eigenvalue weighted by Crippen LogP contribution is 2.61. The SMILES string of the molecule is CC(C)(C)[P@]1COc2c(-c3ccccc3)ccc(-c3ccc(-c4ccccc4)c4c3[P@](C(C)(C)C)CO4)c21. The lowest BCUT2D eigenvalue weighted by molar-refractivity contribution is 0.401. The number of hydrogen-bond donors (Lipinski definition) is 0. The first-order chi connectivity index (χ1) is 18.1. The highest BCUT2D eigenvalue weighted by molar-refractivity contribution is 7.68. The number of rotatable bonds is 3. The van der Waals surface area contributed by atoms with Crippen LogP contribution < -0.4 is 20.1 Å². The molecule has 0 N–H and O–H groups in total. The number of fused-ring (bicyclic) bond motifs is 2. The molecule has 0 radical (unpaired) electrons. The minimum atomic E-state index is -0.509. The summed E-state index contributed by atoms with van der Waals surface area (Å²) in [5.41, 5.74) is 7.49. The summed E-state index contributed by atoms with van der Waals surface area (Å²) in [6.45, 7) is 14.2. The number of ether oxygens (including phenoxy) is 2. The molecule has 2 atom stereocenters. The summed E-state index contributed by atoms with van der Waals surface area (Å²) in [5.74, 6) is 2.16. The molecule has 38 heavy (non-hydrogen) atoms. The van der Waals surface area contributed by atoms with Crippen LogP contribution in [0.4, 0.5) is 0 Å². The molecule has 0 aliphatic carbocycles. The van der Waals surface area contributed by atoms with Crippen LogP contribution in [-0.2, 0) is 0 Å². The van der Waals surface area contributed by atoms with E-state index in [9.17, 15) is 0 Å². The van der Waals surface area contributed by atoms with Crippen LogP contribution in [0.3, 0.4) is 0 Å². The predicted molar refractivity (Wildman–Crippen MR) is 166 cm³/mol. The fraction of sp³-hybridized carbons (Fsp3) is 0.294. The smallest absolute Gasteiger partial charge is 0.136 e. The van der Waals surface area contributed by atoms with Crippen molar-refractivity contribution in [2.75, 3.05) is 12.7 Å². The molecule has 0 aromatic heterocycles. The number of benzene rings is 4. The van der Waals surface area contributed by atoms with Crippen molar-refractivity contribution in [1.82, 2.24) is 0 Å². The molecule has 0 unspecified atom stereocenters. The fourth-order valence-corrected chi connectivity index (χ4v) is 10.3. The third kappa shape index (κ3) is 4.37. The van der Waals surface area contributed by atoms with Gasteiger partial charge in [-0.15, -0.1) is 0 Å². The Bertz CT molecular complexity index is 1370. The van der Waals surface area contributed by atoms with E-state index >= 15 is 0 Å². The fourth-order valence-electron chi connectivity index (χ4n) is 5.54. The van der Waals surface area contributed by atoms with E-state index in [-0.39, 0.29) is 10.3 Å². The third-order valence-corrected chi connectivity index (χ3v) is 13.5. The van der Waals surface area contributed by atoms with Gasteiger partial charge in [-0.05, 0) is 60.5 Å². The summed E-state index contributed by atoms with van der Waals surface area (Å²) in [4.78, 5) is 0. The Kier molecular flexibility index (Phi) is 6.41. The summed E-state index contributed by atoms with van der Waals surface area (Å²) in [6, 6.07) is 30.6. The Morgan fingerprint density at radius 1 is 0.474 bits per heavy atom. The van der Waals surface area contributed by atoms with E-state index in [0.717, 1.165) is 24.2 Å². The van der Waals surface area contributed by atoms with E-state index in [2.05, 4.69) is 126 Å². The van der Waals surface area contributed by atoms with Crippen LogP contribution >= 0.6 is 15.8 Å². The van der Waals surface area contributed by atoms with E-state index in [1.165, 1.54) is 44.0 Å². The van der Waals surface area contributed by atoms with Gasteiger partial charge in [0.15, 0.2) is 0 Å². The lowest BCUT2D eigenvalue weighted by atomic mass is 9.96. The van der Waals surface area contributed by atoms with E-state index in [0.29, 0.717) is 0 Å². The van der Waals surface area contributed by atoms with Gasteiger partial charge in [0, 0.05) is 21.7 Å². The van der Waals surface area contributed by atoms with Gasteiger partial charge in [-0.3, -0.25) is 0 Å². The van der Waals surface area contributed by atoms with Gasteiger partial charge in [0.1, 0.15) is 24.2 Å². The van der Waals surface area contributed by atoms with E-state index in [4.69, 9.17) is 9.47 Å². The Labute approximate surface area is 229 Å². The largest absolute Gasteiger partial charge is 0.488 e. The molecule has 0 bridgehead atoms. The average molecular weight is 539 g/mol. The summed E-state index contributed by atoms with van der Waals surface area (Å²) in [7, 11) is -1.02. The molecule has 0 spiro atoms. The second-order valence-electron chi connectivity index (χ2n) is 12.2. The van der Waals surface area contributed by atoms with Crippen LogP contribution in [0.2, 0.25) is 0 Å². The van der Waals surface area contributed by atoms with Gasteiger partial charge in [-0.25, -0.2) is 0 Å². The van der Waals surface area contributed by atoms with Crippen LogP contribution in [0, 0.1) is 0 Å². The van der Waals surface area contributed by atoms with Gasteiger partial charge in [0.05, 0.1) is 0 Å². The Morgan fingerprint density at radius 3 is 1.16 bits per heavy atom.